The molecule has 0 saturated heterocycles. The van der Waals surface area contributed by atoms with E-state index in [1.807, 2.05) is 30.6 Å². The van der Waals surface area contributed by atoms with Crippen LogP contribution in [0.5, 0.6) is 0 Å². The van der Waals surface area contributed by atoms with Gasteiger partial charge in [-0.05, 0) is 18.2 Å². The molecule has 0 saturated carbocycles. The quantitative estimate of drug-likeness (QED) is 0.789. The van der Waals surface area contributed by atoms with Crippen molar-refractivity contribution in [3.63, 3.8) is 0 Å². The van der Waals surface area contributed by atoms with E-state index < -0.39 is 0 Å². The predicted molar refractivity (Wildman–Crippen MR) is 77.4 cm³/mol. The number of fused-ring (bicyclic) bond motifs is 1. The molecule has 0 aliphatic carbocycles. The highest BCUT2D eigenvalue weighted by Crippen LogP contribution is 2.26. The molecule has 3 rings (SSSR count). The van der Waals surface area contributed by atoms with Gasteiger partial charge in [0, 0.05) is 23.4 Å². The highest BCUT2D eigenvalue weighted by Gasteiger charge is 2.12. The van der Waals surface area contributed by atoms with Gasteiger partial charge in [0.05, 0.1) is 11.0 Å². The average Bonchev–Trinajstić information content (AvgIpc) is 2.94. The molecule has 0 aliphatic rings. The Morgan fingerprint density at radius 1 is 1.39 bits per heavy atom. The summed E-state index contributed by atoms with van der Waals surface area (Å²) in [6.45, 7) is 0.472. The maximum atomic E-state index is 5.59. The van der Waals surface area contributed by atoms with Gasteiger partial charge in [-0.1, -0.05) is 15.9 Å². The van der Waals surface area contributed by atoms with Gasteiger partial charge in [0.25, 0.3) is 0 Å². The Bertz CT molecular complexity index is 716. The molecule has 1 aromatic carbocycles. The minimum absolute atomic E-state index is 0.472. The van der Waals surface area contributed by atoms with E-state index in [1.54, 1.807) is 11.3 Å². The molecule has 18 heavy (non-hydrogen) atoms. The van der Waals surface area contributed by atoms with Gasteiger partial charge in [-0.15, -0.1) is 11.3 Å². The van der Waals surface area contributed by atoms with Crippen molar-refractivity contribution in [3.05, 3.63) is 33.1 Å². The van der Waals surface area contributed by atoms with Crippen molar-refractivity contribution in [3.8, 4) is 11.5 Å². The van der Waals surface area contributed by atoms with Gasteiger partial charge in [-0.2, -0.15) is 0 Å². The lowest BCUT2D eigenvalue weighted by atomic mass is 10.3. The standard InChI is InChI=1S/C12H11BrN4S/c1-17-10-3-2-7(13)4-8(10)16-12(17)9-6-18-11(5-14)15-9/h2-4,6H,5,14H2,1H3. The average molecular weight is 323 g/mol. The summed E-state index contributed by atoms with van der Waals surface area (Å²) in [6, 6.07) is 6.07. The molecule has 2 N–H and O–H groups in total. The minimum Gasteiger partial charge on any atom is -0.326 e. The monoisotopic (exact) mass is 322 g/mol. The first-order chi connectivity index (χ1) is 8.69. The smallest absolute Gasteiger partial charge is 0.160 e. The molecule has 0 bridgehead atoms. The second kappa shape index (κ2) is 4.46. The fraction of sp³-hybridized carbons (Fsp3) is 0.167. The molecule has 0 amide bonds. The van der Waals surface area contributed by atoms with E-state index in [9.17, 15) is 0 Å². The number of halogens is 1. The van der Waals surface area contributed by atoms with Crippen molar-refractivity contribution in [2.24, 2.45) is 12.8 Å². The van der Waals surface area contributed by atoms with Crippen LogP contribution in [0.4, 0.5) is 0 Å². The third-order valence-electron chi connectivity index (χ3n) is 2.80. The molecular weight excluding hydrogens is 312 g/mol. The Kier molecular flexibility index (Phi) is 2.93. The molecule has 0 spiro atoms. The van der Waals surface area contributed by atoms with E-state index in [0.29, 0.717) is 6.54 Å². The van der Waals surface area contributed by atoms with Crippen LogP contribution in [-0.2, 0) is 13.6 Å². The Morgan fingerprint density at radius 3 is 2.94 bits per heavy atom. The fourth-order valence-electron chi connectivity index (χ4n) is 1.91. The lowest BCUT2D eigenvalue weighted by Gasteiger charge is -1.98. The van der Waals surface area contributed by atoms with Crippen LogP contribution in [0.1, 0.15) is 5.01 Å². The number of aryl methyl sites for hydroxylation is 1. The van der Waals surface area contributed by atoms with Crippen molar-refractivity contribution in [1.82, 2.24) is 14.5 Å². The van der Waals surface area contributed by atoms with Crippen LogP contribution in [0.15, 0.2) is 28.1 Å². The van der Waals surface area contributed by atoms with Crippen molar-refractivity contribution in [1.29, 1.82) is 0 Å². The van der Waals surface area contributed by atoms with Crippen LogP contribution in [0, 0.1) is 0 Å². The van der Waals surface area contributed by atoms with Crippen LogP contribution < -0.4 is 5.73 Å². The van der Waals surface area contributed by atoms with E-state index in [1.165, 1.54) is 0 Å². The van der Waals surface area contributed by atoms with Gasteiger partial charge in [0.1, 0.15) is 10.7 Å². The summed E-state index contributed by atoms with van der Waals surface area (Å²) in [4.78, 5) is 9.10. The summed E-state index contributed by atoms with van der Waals surface area (Å²) in [5.41, 5.74) is 8.53. The van der Waals surface area contributed by atoms with Crippen LogP contribution in [-0.4, -0.2) is 14.5 Å². The summed E-state index contributed by atoms with van der Waals surface area (Å²) in [7, 11) is 2.00. The Hall–Kier alpha value is -1.24. The lowest BCUT2D eigenvalue weighted by molar-refractivity contribution is 0.946. The van der Waals surface area contributed by atoms with Crippen LogP contribution in [0.25, 0.3) is 22.6 Å². The zero-order chi connectivity index (χ0) is 12.7. The van der Waals surface area contributed by atoms with Crippen molar-refractivity contribution < 1.29 is 0 Å². The van der Waals surface area contributed by atoms with Gasteiger partial charge >= 0.3 is 0 Å². The molecule has 0 unspecified atom stereocenters. The zero-order valence-electron chi connectivity index (χ0n) is 9.72. The second-order valence-electron chi connectivity index (χ2n) is 3.96. The number of nitrogens with zero attached hydrogens (tertiary/aromatic N) is 3. The Morgan fingerprint density at radius 2 is 2.22 bits per heavy atom. The molecule has 0 fully saturated rings. The molecule has 0 aliphatic heterocycles. The molecule has 4 nitrogen and oxygen atoms in total. The number of hydrogen-bond acceptors (Lipinski definition) is 4. The van der Waals surface area contributed by atoms with Gasteiger partial charge in [-0.25, -0.2) is 9.97 Å². The summed E-state index contributed by atoms with van der Waals surface area (Å²) in [6.07, 6.45) is 0. The van der Waals surface area contributed by atoms with Gasteiger partial charge in [0.15, 0.2) is 5.82 Å². The molecule has 2 heterocycles. The van der Waals surface area contributed by atoms with E-state index in [-0.39, 0.29) is 0 Å². The van der Waals surface area contributed by atoms with Crippen molar-refractivity contribution in [2.45, 2.75) is 6.54 Å². The number of rotatable bonds is 2. The van der Waals surface area contributed by atoms with E-state index in [2.05, 4.69) is 30.5 Å². The number of thiazole rings is 1. The summed E-state index contributed by atoms with van der Waals surface area (Å²) >= 11 is 5.03. The molecule has 0 atom stereocenters. The van der Waals surface area contributed by atoms with Crippen LogP contribution in [0.3, 0.4) is 0 Å². The fourth-order valence-corrected chi connectivity index (χ4v) is 2.91. The van der Waals surface area contributed by atoms with Crippen molar-refractivity contribution >= 4 is 38.3 Å². The van der Waals surface area contributed by atoms with Crippen molar-refractivity contribution in [2.75, 3.05) is 0 Å². The number of nitrogens with two attached hydrogens (primary N) is 1. The summed E-state index contributed by atoms with van der Waals surface area (Å²) in [5, 5.41) is 2.93. The largest absolute Gasteiger partial charge is 0.326 e. The van der Waals surface area contributed by atoms with E-state index in [0.717, 1.165) is 32.0 Å². The maximum absolute atomic E-state index is 5.59. The zero-order valence-corrected chi connectivity index (χ0v) is 12.1. The molecule has 92 valence electrons. The number of aromatic nitrogens is 3. The summed E-state index contributed by atoms with van der Waals surface area (Å²) in [5.74, 6) is 0.874. The topological polar surface area (TPSA) is 56.7 Å². The minimum atomic E-state index is 0.472. The number of imidazole rings is 1. The number of benzene rings is 1. The highest BCUT2D eigenvalue weighted by molar-refractivity contribution is 9.10. The molecule has 3 aromatic rings. The normalized spacial score (nSPS) is 11.3. The molecule has 0 radical (unpaired) electrons. The maximum Gasteiger partial charge on any atom is 0.160 e. The SMILES string of the molecule is Cn1c(-c2csc(CN)n2)nc2cc(Br)ccc21. The predicted octanol–water partition coefficient (Wildman–Crippen LogP) is 2.92. The first-order valence-electron chi connectivity index (χ1n) is 5.46. The molecular formula is C12H11BrN4S. The van der Waals surface area contributed by atoms with E-state index in [4.69, 9.17) is 5.73 Å². The van der Waals surface area contributed by atoms with Crippen LogP contribution >= 0.6 is 27.3 Å². The first kappa shape index (κ1) is 11.8. The Balaban J connectivity index is 2.20. The second-order valence-corrected chi connectivity index (χ2v) is 5.82. The number of hydrogen-bond donors (Lipinski definition) is 1. The molecule has 6 heteroatoms. The third kappa shape index (κ3) is 1.86. The van der Waals surface area contributed by atoms with E-state index >= 15 is 0 Å². The molecule has 2 aromatic heterocycles. The highest BCUT2D eigenvalue weighted by atomic mass is 79.9. The van der Waals surface area contributed by atoms with Gasteiger partial charge < -0.3 is 10.3 Å². The third-order valence-corrected chi connectivity index (χ3v) is 4.16. The van der Waals surface area contributed by atoms with Crippen LogP contribution in [0.2, 0.25) is 0 Å². The lowest BCUT2D eigenvalue weighted by Crippen LogP contribution is -1.96. The first-order valence-corrected chi connectivity index (χ1v) is 7.13. The van der Waals surface area contributed by atoms with Gasteiger partial charge in [0.2, 0.25) is 0 Å². The summed E-state index contributed by atoms with van der Waals surface area (Å²) < 4.78 is 3.08. The Labute approximate surface area is 117 Å². The van der Waals surface area contributed by atoms with Gasteiger partial charge in [-0.3, -0.25) is 0 Å².